The Morgan fingerprint density at radius 2 is 2.15 bits per heavy atom. The number of rotatable bonds is 6. The van der Waals surface area contributed by atoms with Crippen molar-refractivity contribution in [2.24, 2.45) is 11.8 Å². The van der Waals surface area contributed by atoms with Crippen LogP contribution >= 0.6 is 0 Å². The molecule has 1 saturated carbocycles. The lowest BCUT2D eigenvalue weighted by Crippen LogP contribution is -2.46. The molecule has 2 aromatic rings. The second-order valence-corrected chi connectivity index (χ2v) is 9.57. The predicted molar refractivity (Wildman–Crippen MR) is 98.3 cm³/mol. The van der Waals surface area contributed by atoms with Gasteiger partial charge in [0.15, 0.2) is 0 Å². The molecule has 0 aromatic carbocycles. The topological polar surface area (TPSA) is 82.2 Å². The average molecular weight is 399 g/mol. The normalized spacial score (nSPS) is 26.6. The summed E-state index contributed by atoms with van der Waals surface area (Å²) in [6.07, 6.45) is 2.61. The molecular formula is C17H23F2N5O2S. The van der Waals surface area contributed by atoms with Crippen LogP contribution in [0.4, 0.5) is 14.6 Å². The largest absolute Gasteiger partial charge is 0.356 e. The summed E-state index contributed by atoms with van der Waals surface area (Å²) in [5.41, 5.74) is 0.771. The van der Waals surface area contributed by atoms with Crippen molar-refractivity contribution in [3.05, 3.63) is 18.6 Å². The number of nitrogens with one attached hydrogen (secondary N) is 1. The first-order valence-electron chi connectivity index (χ1n) is 9.12. The van der Waals surface area contributed by atoms with E-state index in [4.69, 9.17) is 0 Å². The number of H-pyrrole nitrogens is 1. The molecule has 1 atom stereocenters. The molecule has 1 aliphatic carbocycles. The Morgan fingerprint density at radius 1 is 1.37 bits per heavy atom. The molecular weight excluding hydrogens is 376 g/mol. The zero-order valence-electron chi connectivity index (χ0n) is 15.1. The summed E-state index contributed by atoms with van der Waals surface area (Å²) >= 11 is 0. The smallest absolute Gasteiger partial charge is 0.242 e. The van der Waals surface area contributed by atoms with Crippen LogP contribution in [0.25, 0.3) is 11.0 Å². The number of sulfonamides is 1. The van der Waals surface area contributed by atoms with Crippen LogP contribution < -0.4 is 4.90 Å². The van der Waals surface area contributed by atoms with Gasteiger partial charge in [0.1, 0.15) is 17.8 Å². The molecule has 1 aliphatic heterocycles. The second-order valence-electron chi connectivity index (χ2n) is 7.56. The minimum atomic E-state index is -3.48. The first kappa shape index (κ1) is 18.5. The summed E-state index contributed by atoms with van der Waals surface area (Å²) in [5, 5.41) is 0.936. The fourth-order valence-corrected chi connectivity index (χ4v) is 5.96. The van der Waals surface area contributed by atoms with E-state index in [1.165, 1.54) is 10.6 Å². The number of halogens is 2. The molecule has 10 heteroatoms. The van der Waals surface area contributed by atoms with Crippen molar-refractivity contribution >= 4 is 26.9 Å². The van der Waals surface area contributed by atoms with Crippen LogP contribution in [0.15, 0.2) is 18.6 Å². The Labute approximate surface area is 156 Å². The van der Waals surface area contributed by atoms with E-state index in [-0.39, 0.29) is 37.2 Å². The maximum absolute atomic E-state index is 12.8. The van der Waals surface area contributed by atoms with Gasteiger partial charge in [-0.25, -0.2) is 31.5 Å². The summed E-state index contributed by atoms with van der Waals surface area (Å²) in [6.45, 7) is 0.155. The first-order chi connectivity index (χ1) is 12.8. The monoisotopic (exact) mass is 399 g/mol. The van der Waals surface area contributed by atoms with Gasteiger partial charge in [-0.15, -0.1) is 0 Å². The fourth-order valence-electron chi connectivity index (χ4n) is 4.08. The van der Waals surface area contributed by atoms with Gasteiger partial charge >= 0.3 is 0 Å². The van der Waals surface area contributed by atoms with Gasteiger partial charge in [0.05, 0.1) is 11.1 Å². The Morgan fingerprint density at radius 3 is 2.85 bits per heavy atom. The van der Waals surface area contributed by atoms with E-state index >= 15 is 0 Å². The van der Waals surface area contributed by atoms with Gasteiger partial charge in [-0.05, 0) is 31.2 Å². The van der Waals surface area contributed by atoms with Crippen LogP contribution in [0.2, 0.25) is 0 Å². The van der Waals surface area contributed by atoms with Gasteiger partial charge in [0, 0.05) is 38.3 Å². The molecule has 7 nitrogen and oxygen atoms in total. The standard InChI is InChI=1S/C17H23F2N5O2S/c1-23(17-14-2-4-20-16(14)21-10-22-17)13-6-11(7-13)9-27(25,26)24-5-3-12(8-24)15(18)19/h2,4,10-13,15H,3,5-9H2,1H3,(H,20,21,22). The zero-order chi connectivity index (χ0) is 19.2. The van der Waals surface area contributed by atoms with Crippen LogP contribution in [0, 0.1) is 11.8 Å². The first-order valence-corrected chi connectivity index (χ1v) is 10.7. The minimum absolute atomic E-state index is 0.0383. The third-order valence-electron chi connectivity index (χ3n) is 5.81. The van der Waals surface area contributed by atoms with E-state index in [1.54, 1.807) is 0 Å². The lowest BCUT2D eigenvalue weighted by molar-refractivity contribution is 0.0845. The molecule has 148 valence electrons. The number of fused-ring (bicyclic) bond motifs is 1. The van der Waals surface area contributed by atoms with E-state index in [9.17, 15) is 17.2 Å². The predicted octanol–water partition coefficient (Wildman–Crippen LogP) is 2.09. The molecule has 2 aromatic heterocycles. The van der Waals surface area contributed by atoms with Crippen molar-refractivity contribution in [1.29, 1.82) is 0 Å². The SMILES string of the molecule is CN(c1ncnc2[nH]ccc12)C1CC(CS(=O)(=O)N2CCC(C(F)F)C2)C1. The van der Waals surface area contributed by atoms with E-state index in [2.05, 4.69) is 19.9 Å². The Bertz CT molecular complexity index is 913. The summed E-state index contributed by atoms with van der Waals surface area (Å²) in [5.74, 6) is 0.0847. The van der Waals surface area contributed by atoms with Crippen LogP contribution in [-0.4, -0.2) is 66.0 Å². The third-order valence-corrected chi connectivity index (χ3v) is 7.82. The van der Waals surface area contributed by atoms with Crippen molar-refractivity contribution in [3.8, 4) is 0 Å². The Hall–Kier alpha value is -1.81. The molecule has 1 N–H and O–H groups in total. The Balaban J connectivity index is 1.35. The van der Waals surface area contributed by atoms with Gasteiger partial charge in [-0.1, -0.05) is 0 Å². The zero-order valence-corrected chi connectivity index (χ0v) is 15.9. The molecule has 3 heterocycles. The third kappa shape index (κ3) is 3.52. The molecule has 27 heavy (non-hydrogen) atoms. The summed E-state index contributed by atoms with van der Waals surface area (Å²) < 4.78 is 51.9. The summed E-state index contributed by atoms with van der Waals surface area (Å²) in [4.78, 5) is 13.7. The maximum Gasteiger partial charge on any atom is 0.242 e. The average Bonchev–Trinajstić information content (AvgIpc) is 3.25. The van der Waals surface area contributed by atoms with Crippen molar-refractivity contribution in [1.82, 2.24) is 19.3 Å². The molecule has 0 amide bonds. The number of alkyl halides is 2. The van der Waals surface area contributed by atoms with Crippen molar-refractivity contribution in [2.45, 2.75) is 31.7 Å². The molecule has 4 rings (SSSR count). The van der Waals surface area contributed by atoms with E-state index < -0.39 is 22.4 Å². The lowest BCUT2D eigenvalue weighted by Gasteiger charge is -2.42. The number of aromatic nitrogens is 3. The van der Waals surface area contributed by atoms with E-state index in [0.717, 1.165) is 29.7 Å². The molecule has 0 spiro atoms. The van der Waals surface area contributed by atoms with Gasteiger partial charge in [0.25, 0.3) is 0 Å². The number of aromatic amines is 1. The number of anilines is 1. The van der Waals surface area contributed by atoms with Gasteiger partial charge in [0.2, 0.25) is 16.4 Å². The van der Waals surface area contributed by atoms with Crippen LogP contribution in [0.5, 0.6) is 0 Å². The highest BCUT2D eigenvalue weighted by Crippen LogP contribution is 2.37. The molecule has 2 fully saturated rings. The van der Waals surface area contributed by atoms with E-state index in [1.807, 2.05) is 19.3 Å². The molecule has 1 saturated heterocycles. The highest BCUT2D eigenvalue weighted by Gasteiger charge is 2.40. The second kappa shape index (κ2) is 6.97. The highest BCUT2D eigenvalue weighted by molar-refractivity contribution is 7.89. The van der Waals surface area contributed by atoms with Crippen LogP contribution in [0.3, 0.4) is 0 Å². The molecule has 1 unspecified atom stereocenters. The highest BCUT2D eigenvalue weighted by atomic mass is 32.2. The lowest BCUT2D eigenvalue weighted by atomic mass is 9.81. The quantitative estimate of drug-likeness (QED) is 0.804. The van der Waals surface area contributed by atoms with E-state index in [0.29, 0.717) is 0 Å². The Kier molecular flexibility index (Phi) is 4.79. The number of hydrogen-bond donors (Lipinski definition) is 1. The number of nitrogens with zero attached hydrogens (tertiary/aromatic N) is 4. The van der Waals surface area contributed by atoms with Gasteiger partial charge < -0.3 is 9.88 Å². The van der Waals surface area contributed by atoms with Crippen molar-refractivity contribution < 1.29 is 17.2 Å². The van der Waals surface area contributed by atoms with Crippen LogP contribution in [0.1, 0.15) is 19.3 Å². The summed E-state index contributed by atoms with van der Waals surface area (Å²) in [7, 11) is -1.52. The minimum Gasteiger partial charge on any atom is -0.356 e. The molecule has 2 aliphatic rings. The van der Waals surface area contributed by atoms with Crippen molar-refractivity contribution in [3.63, 3.8) is 0 Å². The van der Waals surface area contributed by atoms with Gasteiger partial charge in [-0.2, -0.15) is 0 Å². The van der Waals surface area contributed by atoms with Gasteiger partial charge in [-0.3, -0.25) is 0 Å². The summed E-state index contributed by atoms with van der Waals surface area (Å²) in [6, 6.07) is 2.14. The number of hydrogen-bond acceptors (Lipinski definition) is 5. The van der Waals surface area contributed by atoms with Crippen LogP contribution in [-0.2, 0) is 10.0 Å². The maximum atomic E-state index is 12.8. The molecule has 0 bridgehead atoms. The van der Waals surface area contributed by atoms with Crippen molar-refractivity contribution in [2.75, 3.05) is 30.8 Å². The molecule has 0 radical (unpaired) electrons. The fraction of sp³-hybridized carbons (Fsp3) is 0.647.